The summed E-state index contributed by atoms with van der Waals surface area (Å²) in [7, 11) is 0. The Labute approximate surface area is 345 Å². The van der Waals surface area contributed by atoms with Crippen LogP contribution < -0.4 is 0 Å². The molecule has 0 saturated carbocycles. The van der Waals surface area contributed by atoms with Crippen molar-refractivity contribution in [3.8, 4) is 78.4 Å². The minimum absolute atomic E-state index is 0.139. The molecule has 1 aliphatic rings. The molecule has 0 atom stereocenters. The number of nitrogens with zero attached hydrogens (tertiary/aromatic N) is 2. The van der Waals surface area contributed by atoms with E-state index in [1.54, 1.807) is 0 Å². The van der Waals surface area contributed by atoms with Gasteiger partial charge in [0.05, 0.1) is 11.4 Å². The van der Waals surface area contributed by atoms with Crippen LogP contribution in [0.5, 0.6) is 0 Å². The molecule has 0 unspecified atom stereocenters. The van der Waals surface area contributed by atoms with Gasteiger partial charge in [0.1, 0.15) is 0 Å². The third-order valence-electron chi connectivity index (χ3n) is 12.3. The smallest absolute Gasteiger partial charge is 0.160 e. The monoisotopic (exact) mass is 752 g/mol. The molecule has 2 nitrogen and oxygen atoms in total. The number of hydrogen-bond donors (Lipinski definition) is 0. The molecule has 0 amide bonds. The van der Waals surface area contributed by atoms with Crippen LogP contribution in [0.25, 0.3) is 100.0 Å². The molecule has 2 heteroatoms. The van der Waals surface area contributed by atoms with Gasteiger partial charge in [0.15, 0.2) is 5.82 Å². The SMILES string of the molecule is CC1(C)c2cc(-c3ccc(-c4cc(-c5ccccc5-c5ccccc5)nc(-c5ccc(-c6ccccc6)cc5)n4)c4ccccc34)ccc2-c2ccc3ccccc3c21. The van der Waals surface area contributed by atoms with E-state index in [4.69, 9.17) is 9.97 Å². The Morgan fingerprint density at radius 1 is 0.322 bits per heavy atom. The van der Waals surface area contributed by atoms with E-state index in [2.05, 4.69) is 220 Å². The number of benzene rings is 9. The summed E-state index contributed by atoms with van der Waals surface area (Å²) < 4.78 is 0. The summed E-state index contributed by atoms with van der Waals surface area (Å²) in [5.74, 6) is 0.695. The van der Waals surface area contributed by atoms with E-state index in [0.29, 0.717) is 5.82 Å². The molecule has 11 rings (SSSR count). The number of rotatable bonds is 6. The Hall–Kier alpha value is -7.42. The summed E-state index contributed by atoms with van der Waals surface area (Å²) in [4.78, 5) is 10.7. The van der Waals surface area contributed by atoms with E-state index >= 15 is 0 Å². The molecule has 9 aromatic carbocycles. The lowest BCUT2D eigenvalue weighted by atomic mass is 9.79. The zero-order chi connectivity index (χ0) is 39.5. The van der Waals surface area contributed by atoms with Crippen LogP contribution in [0, 0.1) is 0 Å². The van der Waals surface area contributed by atoms with Gasteiger partial charge in [0.2, 0.25) is 0 Å². The molecular weight excluding hydrogens is 713 g/mol. The van der Waals surface area contributed by atoms with Crippen LogP contribution in [0.3, 0.4) is 0 Å². The fraction of sp³-hybridized carbons (Fsp3) is 0.0526. The minimum Gasteiger partial charge on any atom is -0.228 e. The molecule has 278 valence electrons. The van der Waals surface area contributed by atoms with Crippen LogP contribution in [0.4, 0.5) is 0 Å². The maximum absolute atomic E-state index is 5.36. The van der Waals surface area contributed by atoms with E-state index in [1.807, 2.05) is 0 Å². The van der Waals surface area contributed by atoms with Crippen molar-refractivity contribution in [1.29, 1.82) is 0 Å². The highest BCUT2D eigenvalue weighted by molar-refractivity contribution is 6.06. The van der Waals surface area contributed by atoms with Gasteiger partial charge in [-0.25, -0.2) is 9.97 Å². The summed E-state index contributed by atoms with van der Waals surface area (Å²) in [6, 6.07) is 74.2. The molecule has 0 radical (unpaired) electrons. The van der Waals surface area contributed by atoms with E-state index in [0.717, 1.165) is 50.2 Å². The standard InChI is InChI=1S/C57H40N2/c1-57(2)52-35-42(30-31-48(52)51-32-29-40-19-9-10-21-45(40)55(51)57)44-33-34-50(47-23-13-12-22-46(44)47)54-36-53(49-24-14-11-20-43(49)39-17-7-4-8-18-39)58-56(59-54)41-27-25-38(26-28-41)37-15-5-3-6-16-37/h3-36H,1-2H3. The maximum Gasteiger partial charge on any atom is 0.160 e. The van der Waals surface area contributed by atoms with Crippen LogP contribution in [-0.4, -0.2) is 9.97 Å². The van der Waals surface area contributed by atoms with Gasteiger partial charge in [-0.3, -0.25) is 0 Å². The molecule has 1 aliphatic carbocycles. The van der Waals surface area contributed by atoms with Crippen LogP contribution in [0.1, 0.15) is 25.0 Å². The molecule has 1 heterocycles. The van der Waals surface area contributed by atoms with Gasteiger partial charge in [-0.1, -0.05) is 208 Å². The van der Waals surface area contributed by atoms with Gasteiger partial charge in [-0.2, -0.15) is 0 Å². The second-order valence-electron chi connectivity index (χ2n) is 16.1. The number of fused-ring (bicyclic) bond motifs is 6. The zero-order valence-electron chi connectivity index (χ0n) is 33.0. The van der Waals surface area contributed by atoms with Crippen molar-refractivity contribution < 1.29 is 0 Å². The normalized spacial score (nSPS) is 12.7. The zero-order valence-corrected chi connectivity index (χ0v) is 33.0. The van der Waals surface area contributed by atoms with Crippen LogP contribution in [0.15, 0.2) is 206 Å². The predicted octanol–water partition coefficient (Wildman–Crippen LogP) is 15.1. The third-order valence-corrected chi connectivity index (χ3v) is 12.3. The summed E-state index contributed by atoms with van der Waals surface area (Å²) in [5, 5.41) is 4.98. The van der Waals surface area contributed by atoms with E-state index in [1.165, 1.54) is 55.1 Å². The van der Waals surface area contributed by atoms with Gasteiger partial charge >= 0.3 is 0 Å². The fourth-order valence-corrected chi connectivity index (χ4v) is 9.41. The predicted molar refractivity (Wildman–Crippen MR) is 247 cm³/mol. The van der Waals surface area contributed by atoms with Crippen molar-refractivity contribution in [2.75, 3.05) is 0 Å². The Balaban J connectivity index is 1.06. The third kappa shape index (κ3) is 5.87. The van der Waals surface area contributed by atoms with E-state index < -0.39 is 0 Å². The Bertz CT molecular complexity index is 3220. The molecule has 0 bridgehead atoms. The van der Waals surface area contributed by atoms with Gasteiger partial charge in [-0.15, -0.1) is 0 Å². The van der Waals surface area contributed by atoms with Crippen LogP contribution in [0.2, 0.25) is 0 Å². The topological polar surface area (TPSA) is 25.8 Å². The fourth-order valence-electron chi connectivity index (χ4n) is 9.41. The Morgan fingerprint density at radius 3 is 1.58 bits per heavy atom. The van der Waals surface area contributed by atoms with Crippen molar-refractivity contribution in [2.45, 2.75) is 19.3 Å². The quantitative estimate of drug-likeness (QED) is 0.169. The van der Waals surface area contributed by atoms with Gasteiger partial charge in [0.25, 0.3) is 0 Å². The molecule has 0 aliphatic heterocycles. The average molecular weight is 753 g/mol. The molecule has 0 saturated heterocycles. The van der Waals surface area contributed by atoms with Gasteiger partial charge < -0.3 is 0 Å². The molecule has 59 heavy (non-hydrogen) atoms. The van der Waals surface area contributed by atoms with Crippen molar-refractivity contribution in [1.82, 2.24) is 9.97 Å². The number of aromatic nitrogens is 2. The van der Waals surface area contributed by atoms with Crippen molar-refractivity contribution in [3.05, 3.63) is 217 Å². The summed E-state index contributed by atoms with van der Waals surface area (Å²) in [5.41, 5.74) is 17.3. The minimum atomic E-state index is -0.139. The van der Waals surface area contributed by atoms with Crippen molar-refractivity contribution in [2.24, 2.45) is 0 Å². The van der Waals surface area contributed by atoms with Crippen LogP contribution >= 0.6 is 0 Å². The summed E-state index contributed by atoms with van der Waals surface area (Å²) in [6.45, 7) is 4.76. The maximum atomic E-state index is 5.36. The van der Waals surface area contributed by atoms with Crippen LogP contribution in [-0.2, 0) is 5.41 Å². The second kappa shape index (κ2) is 13.9. The Kier molecular flexibility index (Phi) is 8.20. The second-order valence-corrected chi connectivity index (χ2v) is 16.1. The molecule has 0 N–H and O–H groups in total. The highest BCUT2D eigenvalue weighted by Gasteiger charge is 2.37. The van der Waals surface area contributed by atoms with Crippen molar-refractivity contribution >= 4 is 21.5 Å². The highest BCUT2D eigenvalue weighted by Crippen LogP contribution is 2.52. The molecular formula is C57H40N2. The average Bonchev–Trinajstić information content (AvgIpc) is 3.54. The highest BCUT2D eigenvalue weighted by atomic mass is 14.9. The lowest BCUT2D eigenvalue weighted by Gasteiger charge is -2.24. The largest absolute Gasteiger partial charge is 0.228 e. The molecule has 0 spiro atoms. The van der Waals surface area contributed by atoms with E-state index in [9.17, 15) is 0 Å². The first kappa shape index (κ1) is 34.8. The molecule has 1 aromatic heterocycles. The molecule has 0 fully saturated rings. The first-order valence-electron chi connectivity index (χ1n) is 20.4. The first-order chi connectivity index (χ1) is 29.0. The van der Waals surface area contributed by atoms with Crippen molar-refractivity contribution in [3.63, 3.8) is 0 Å². The Morgan fingerprint density at radius 2 is 0.831 bits per heavy atom. The van der Waals surface area contributed by atoms with Gasteiger partial charge in [-0.05, 0) is 89.3 Å². The van der Waals surface area contributed by atoms with E-state index in [-0.39, 0.29) is 5.41 Å². The first-order valence-corrected chi connectivity index (χ1v) is 20.4. The van der Waals surface area contributed by atoms with Gasteiger partial charge in [0, 0.05) is 22.1 Å². The summed E-state index contributed by atoms with van der Waals surface area (Å²) >= 11 is 0. The molecule has 10 aromatic rings. The lowest BCUT2D eigenvalue weighted by molar-refractivity contribution is 0.666. The summed E-state index contributed by atoms with van der Waals surface area (Å²) in [6.07, 6.45) is 0. The number of hydrogen-bond acceptors (Lipinski definition) is 2. The lowest BCUT2D eigenvalue weighted by Crippen LogP contribution is -2.15.